The minimum Gasteiger partial charge on any atom is -0.504 e. The van der Waals surface area contributed by atoms with Gasteiger partial charge < -0.3 is 25.7 Å². The van der Waals surface area contributed by atoms with E-state index in [9.17, 15) is 19.5 Å². The average Bonchev–Trinajstić information content (AvgIpc) is 3.31. The maximum atomic E-state index is 12.9. The summed E-state index contributed by atoms with van der Waals surface area (Å²) in [6.07, 6.45) is -1.09. The summed E-state index contributed by atoms with van der Waals surface area (Å²) in [5.41, 5.74) is 1.34. The fourth-order valence-electron chi connectivity index (χ4n) is 3.58. The van der Waals surface area contributed by atoms with E-state index in [1.165, 1.54) is 0 Å². The molecule has 182 valence electrons. The minimum atomic E-state index is -1.33. The van der Waals surface area contributed by atoms with E-state index in [-0.39, 0.29) is 18.0 Å². The third kappa shape index (κ3) is 6.29. The van der Waals surface area contributed by atoms with Crippen molar-refractivity contribution in [2.75, 3.05) is 0 Å². The predicted molar refractivity (Wildman–Crippen MR) is 125 cm³/mol. The van der Waals surface area contributed by atoms with Crippen molar-refractivity contribution < 1.29 is 29.4 Å². The van der Waals surface area contributed by atoms with Gasteiger partial charge in [0.15, 0.2) is 4.98 Å². The van der Waals surface area contributed by atoms with Crippen molar-refractivity contribution in [1.29, 1.82) is 5.39 Å². The number of amides is 2. The molecule has 1 unspecified atom stereocenters. The molecule has 4 N–H and O–H groups in total. The Labute approximate surface area is 200 Å². The first-order valence-electron chi connectivity index (χ1n) is 10.8. The summed E-state index contributed by atoms with van der Waals surface area (Å²) in [7, 11) is 0. The van der Waals surface area contributed by atoms with E-state index in [2.05, 4.69) is 25.7 Å². The van der Waals surface area contributed by atoms with Crippen LogP contribution < -0.4 is 10.6 Å². The summed E-state index contributed by atoms with van der Waals surface area (Å²) in [5, 5.41) is 37.5. The molecule has 2 amide bonds. The molecule has 0 aliphatic carbocycles. The number of oxime groups is 1. The number of aliphatic hydroxyl groups excluding tert-OH is 1. The van der Waals surface area contributed by atoms with Crippen LogP contribution in [0.4, 0.5) is 0 Å². The van der Waals surface area contributed by atoms with E-state index < -0.39 is 48.2 Å². The molecule has 1 aromatic carbocycles. The maximum absolute atomic E-state index is 12.9. The fourth-order valence-corrected chi connectivity index (χ4v) is 3.58. The molecule has 0 bridgehead atoms. The minimum absolute atomic E-state index is 0.0365. The third-order valence-electron chi connectivity index (χ3n) is 5.37. The lowest BCUT2D eigenvalue weighted by molar-refractivity contribution is -0.138. The van der Waals surface area contributed by atoms with Gasteiger partial charge in [0.2, 0.25) is 17.3 Å². The number of aliphatic carboxylic acids is 1. The van der Waals surface area contributed by atoms with Crippen molar-refractivity contribution >= 4 is 34.4 Å². The van der Waals surface area contributed by atoms with Crippen molar-refractivity contribution in [3.63, 3.8) is 0 Å². The van der Waals surface area contributed by atoms with Gasteiger partial charge in [-0.05, 0) is 18.1 Å². The molecule has 1 aliphatic rings. The predicted octanol–water partition coefficient (Wildman–Crippen LogP) is 2.35. The Balaban J connectivity index is 1.67. The number of rotatable bonds is 9. The first kappa shape index (κ1) is 25.1. The zero-order valence-corrected chi connectivity index (χ0v) is 19.1. The highest BCUT2D eigenvalue weighted by molar-refractivity contribution is 6.01. The number of fused-ring (bicyclic) bond motifs is 1. The summed E-state index contributed by atoms with van der Waals surface area (Å²) in [4.78, 5) is 48.8. The molecule has 3 rings (SSSR count). The fraction of sp³-hybridized carbons (Fsp3) is 0.348. The Bertz CT molecular complexity index is 1230. The Morgan fingerprint density at radius 1 is 1.20 bits per heavy atom. The third-order valence-corrected chi connectivity index (χ3v) is 5.37. The van der Waals surface area contributed by atoms with Gasteiger partial charge in [-0.2, -0.15) is 0 Å². The van der Waals surface area contributed by atoms with Crippen LogP contribution >= 0.6 is 0 Å². The smallest absolute Gasteiger partial charge is 0.389 e. The number of carboxylic acid groups (broad SMARTS) is 1. The Morgan fingerprint density at radius 3 is 2.63 bits per heavy atom. The van der Waals surface area contributed by atoms with E-state index in [0.717, 1.165) is 5.39 Å². The van der Waals surface area contributed by atoms with Gasteiger partial charge in [0.1, 0.15) is 11.7 Å². The Kier molecular flexibility index (Phi) is 7.93. The number of aromatic nitrogens is 1. The molecular weight excluding hydrogens is 456 g/mol. The number of diazo groups is 1. The number of pyridine rings is 1. The van der Waals surface area contributed by atoms with Crippen molar-refractivity contribution in [3.8, 4) is 0 Å². The molecule has 35 heavy (non-hydrogen) atoms. The molecule has 0 saturated carbocycles. The number of hydrogen-bond acceptors (Lipinski definition) is 8. The van der Waals surface area contributed by atoms with Crippen molar-refractivity contribution in [2.45, 2.75) is 44.9 Å². The molecule has 0 saturated heterocycles. The van der Waals surface area contributed by atoms with Crippen LogP contribution in [0.25, 0.3) is 15.9 Å². The monoisotopic (exact) mass is 481 g/mol. The molecule has 1 aliphatic heterocycles. The Morgan fingerprint density at radius 2 is 1.94 bits per heavy atom. The van der Waals surface area contributed by atoms with Gasteiger partial charge in [-0.1, -0.05) is 43.3 Å². The molecule has 3 atom stereocenters. The van der Waals surface area contributed by atoms with Crippen LogP contribution in [0, 0.1) is 11.3 Å². The maximum Gasteiger partial charge on any atom is 0.389 e. The highest BCUT2D eigenvalue weighted by Gasteiger charge is 2.36. The highest BCUT2D eigenvalue weighted by atomic mass is 16.6. The van der Waals surface area contributed by atoms with Crippen LogP contribution in [0.2, 0.25) is 0 Å². The second kappa shape index (κ2) is 11.1. The summed E-state index contributed by atoms with van der Waals surface area (Å²) in [5.74, 6) is -3.16. The lowest BCUT2D eigenvalue weighted by Gasteiger charge is -2.22. The molecule has 0 fully saturated rings. The first-order chi connectivity index (χ1) is 16.7. The van der Waals surface area contributed by atoms with Gasteiger partial charge in [0, 0.05) is 11.8 Å². The lowest BCUT2D eigenvalue weighted by atomic mass is 9.95. The van der Waals surface area contributed by atoms with E-state index in [0.29, 0.717) is 17.4 Å². The normalized spacial score (nSPS) is 17.1. The molecule has 12 nitrogen and oxygen atoms in total. The van der Waals surface area contributed by atoms with Crippen LogP contribution in [0.5, 0.6) is 0 Å². The van der Waals surface area contributed by atoms with E-state index in [4.69, 9.17) is 15.3 Å². The number of carboxylic acids is 1. The molecule has 1 aromatic heterocycles. The van der Waals surface area contributed by atoms with Crippen molar-refractivity contribution in [3.05, 3.63) is 59.0 Å². The van der Waals surface area contributed by atoms with Gasteiger partial charge in [0.05, 0.1) is 23.7 Å². The first-order valence-corrected chi connectivity index (χ1v) is 10.8. The zero-order valence-electron chi connectivity index (χ0n) is 19.1. The summed E-state index contributed by atoms with van der Waals surface area (Å²) in [6.45, 7) is 3.75. The molecule has 0 spiro atoms. The lowest BCUT2D eigenvalue weighted by Crippen LogP contribution is -2.46. The summed E-state index contributed by atoms with van der Waals surface area (Å²) < 4.78 is 0. The second-order valence-electron chi connectivity index (χ2n) is 8.29. The van der Waals surface area contributed by atoms with Crippen LogP contribution in [-0.4, -0.2) is 56.9 Å². The van der Waals surface area contributed by atoms with Gasteiger partial charge in [-0.3, -0.25) is 14.4 Å². The number of hydrogen-bond donors (Lipinski definition) is 4. The van der Waals surface area contributed by atoms with Gasteiger partial charge in [0.25, 0.3) is 11.8 Å². The topological polar surface area (TPSA) is 178 Å². The van der Waals surface area contributed by atoms with Crippen LogP contribution in [0.1, 0.15) is 37.2 Å². The molecule has 0 radical (unpaired) electrons. The van der Waals surface area contributed by atoms with E-state index in [1.54, 1.807) is 12.1 Å². The van der Waals surface area contributed by atoms with Crippen molar-refractivity contribution in [1.82, 2.24) is 15.6 Å². The quantitative estimate of drug-likeness (QED) is 0.311. The standard InChI is InChI=1S/C23H24N6O6/c1-12(2)21(28-22(33)15-8-7-13-5-3-4-6-14(13)26-15)17-9-19(35-29-17)23(34)27-16(10-20(31)32)18(30)11-25-24/h3-8,11-12,16,19,21H,9-10H2,1-2H3,(H3-,27,28,30,31,32,33,34)/p+1/b18-11-/t16-,19?,21-/m0/s1. The average molecular weight is 481 g/mol. The Hall–Kier alpha value is -4.53. The van der Waals surface area contributed by atoms with Gasteiger partial charge in [-0.15, -0.1) is 0 Å². The van der Waals surface area contributed by atoms with E-state index >= 15 is 0 Å². The largest absolute Gasteiger partial charge is 0.504 e. The van der Waals surface area contributed by atoms with Gasteiger partial charge in [-0.25, -0.2) is 4.98 Å². The second-order valence-corrected chi connectivity index (χ2v) is 8.29. The van der Waals surface area contributed by atoms with Crippen LogP contribution in [0.3, 0.4) is 0 Å². The van der Waals surface area contributed by atoms with Gasteiger partial charge >= 0.3 is 12.2 Å². The van der Waals surface area contributed by atoms with E-state index in [1.807, 2.05) is 38.1 Å². The highest BCUT2D eigenvalue weighted by Crippen LogP contribution is 2.19. The molecule has 2 aromatic rings. The van der Waals surface area contributed by atoms with Crippen LogP contribution in [0.15, 0.2) is 53.5 Å². The number of aliphatic hydroxyl groups is 1. The summed E-state index contributed by atoms with van der Waals surface area (Å²) in [6, 6.07) is 8.97. The number of para-hydroxylation sites is 1. The zero-order chi connectivity index (χ0) is 25.5. The number of carbonyl (C=O) groups is 3. The number of nitrogens with zero attached hydrogens (tertiary/aromatic N) is 4. The molecular formula is C23H25N6O6+. The SMILES string of the molecule is CC(C)[C@H](NC(=O)c1ccc2ccccc2n1)C1=NOC(C(=O)N[C@@H](CC(=O)O)/C(O)=C/[N+]#N)C1. The number of carbonyl (C=O) groups excluding carboxylic acids is 2. The van der Waals surface area contributed by atoms with Crippen LogP contribution in [-0.2, 0) is 14.4 Å². The van der Waals surface area contributed by atoms with Crippen molar-refractivity contribution in [2.24, 2.45) is 11.1 Å². The number of nitrogens with one attached hydrogen (secondary N) is 2. The molecule has 12 heteroatoms. The molecule has 2 heterocycles. The number of benzene rings is 1. The summed E-state index contributed by atoms with van der Waals surface area (Å²) >= 11 is 0.